The first-order valence-electron chi connectivity index (χ1n) is 8.00. The Labute approximate surface area is 136 Å². The monoisotopic (exact) mass is 308 g/mol. The molecule has 5 nitrogen and oxygen atoms in total. The molecule has 1 aliphatic carbocycles. The largest absolute Gasteiger partial charge is 0.345 e. The maximum atomic E-state index is 11.3. The van der Waals surface area contributed by atoms with Crippen LogP contribution in [0.3, 0.4) is 0 Å². The standard InChI is InChI=1S/C18H20N4O/c1-2-7-17(23)19-13-6-10-16-20-21-18(14-11-12-14)22(16)15-8-4-3-5-9-15/h3-5,8-9,14H,6,10-13H2,1H3,(H,19,23). The SMILES string of the molecule is CC#CC(=O)NCCCc1nnc(C2CC2)n1-c1ccccc1. The lowest BCUT2D eigenvalue weighted by Crippen LogP contribution is -2.23. The molecule has 2 aromatic rings. The van der Waals surface area contributed by atoms with E-state index >= 15 is 0 Å². The molecule has 118 valence electrons. The summed E-state index contributed by atoms with van der Waals surface area (Å²) in [7, 11) is 0. The molecule has 3 rings (SSSR count). The molecule has 0 aliphatic heterocycles. The number of hydrogen-bond donors (Lipinski definition) is 1. The van der Waals surface area contributed by atoms with Gasteiger partial charge in [0.1, 0.15) is 11.6 Å². The number of benzene rings is 1. The quantitative estimate of drug-likeness (QED) is 0.657. The summed E-state index contributed by atoms with van der Waals surface area (Å²) >= 11 is 0. The highest BCUT2D eigenvalue weighted by atomic mass is 16.1. The molecular formula is C18H20N4O. The van der Waals surface area contributed by atoms with Crippen LogP contribution in [-0.2, 0) is 11.2 Å². The molecule has 23 heavy (non-hydrogen) atoms. The van der Waals surface area contributed by atoms with Gasteiger partial charge < -0.3 is 5.32 Å². The number of aromatic nitrogens is 3. The van der Waals surface area contributed by atoms with Gasteiger partial charge in [-0.15, -0.1) is 10.2 Å². The van der Waals surface area contributed by atoms with Crippen molar-refractivity contribution in [3.05, 3.63) is 42.0 Å². The van der Waals surface area contributed by atoms with Crippen LogP contribution in [0.2, 0.25) is 0 Å². The van der Waals surface area contributed by atoms with Gasteiger partial charge in [-0.05, 0) is 44.2 Å². The molecule has 5 heteroatoms. The van der Waals surface area contributed by atoms with E-state index < -0.39 is 0 Å². The smallest absolute Gasteiger partial charge is 0.295 e. The number of nitrogens with zero attached hydrogens (tertiary/aromatic N) is 3. The van der Waals surface area contributed by atoms with Crippen molar-refractivity contribution < 1.29 is 4.79 Å². The van der Waals surface area contributed by atoms with Crippen LogP contribution in [-0.4, -0.2) is 27.2 Å². The molecule has 1 aromatic carbocycles. The van der Waals surface area contributed by atoms with Crippen LogP contribution < -0.4 is 5.32 Å². The maximum absolute atomic E-state index is 11.3. The van der Waals surface area contributed by atoms with Crippen molar-refractivity contribution in [2.24, 2.45) is 0 Å². The molecule has 1 N–H and O–H groups in total. The third-order valence-electron chi connectivity index (χ3n) is 3.81. The van der Waals surface area contributed by atoms with E-state index in [9.17, 15) is 4.79 Å². The van der Waals surface area contributed by atoms with E-state index in [1.54, 1.807) is 6.92 Å². The lowest BCUT2D eigenvalue weighted by molar-refractivity contribution is -0.115. The predicted octanol–water partition coefficient (Wildman–Crippen LogP) is 2.22. The van der Waals surface area contributed by atoms with Crippen LogP contribution in [0.15, 0.2) is 30.3 Å². The Morgan fingerprint density at radius 3 is 2.78 bits per heavy atom. The van der Waals surface area contributed by atoms with Crippen molar-refractivity contribution >= 4 is 5.91 Å². The second kappa shape index (κ2) is 7.10. The minimum atomic E-state index is -0.226. The lowest BCUT2D eigenvalue weighted by atomic mass is 10.2. The van der Waals surface area contributed by atoms with Crippen molar-refractivity contribution in [2.45, 2.75) is 38.5 Å². The van der Waals surface area contributed by atoms with E-state index in [2.05, 4.69) is 44.1 Å². The normalized spacial score (nSPS) is 13.3. The van der Waals surface area contributed by atoms with Gasteiger partial charge in [0, 0.05) is 24.6 Å². The topological polar surface area (TPSA) is 59.8 Å². The van der Waals surface area contributed by atoms with Crippen LogP contribution in [0.5, 0.6) is 0 Å². The van der Waals surface area contributed by atoms with Crippen molar-refractivity contribution in [3.8, 4) is 17.5 Å². The fourth-order valence-electron chi connectivity index (χ4n) is 2.56. The molecule has 0 unspecified atom stereocenters. The highest BCUT2D eigenvalue weighted by Crippen LogP contribution is 2.40. The van der Waals surface area contributed by atoms with Gasteiger partial charge in [-0.1, -0.05) is 24.1 Å². The Kier molecular flexibility index (Phi) is 4.72. The maximum Gasteiger partial charge on any atom is 0.295 e. The zero-order chi connectivity index (χ0) is 16.1. The molecule has 0 saturated heterocycles. The van der Waals surface area contributed by atoms with E-state index in [1.165, 1.54) is 12.8 Å². The molecule has 1 saturated carbocycles. The second-order valence-corrected chi connectivity index (χ2v) is 5.65. The minimum Gasteiger partial charge on any atom is -0.345 e. The Morgan fingerprint density at radius 1 is 1.30 bits per heavy atom. The van der Waals surface area contributed by atoms with Crippen LogP contribution >= 0.6 is 0 Å². The molecule has 1 heterocycles. The summed E-state index contributed by atoms with van der Waals surface area (Å²) in [6, 6.07) is 10.2. The fourth-order valence-corrected chi connectivity index (χ4v) is 2.56. The van der Waals surface area contributed by atoms with Gasteiger partial charge in [0.15, 0.2) is 0 Å². The second-order valence-electron chi connectivity index (χ2n) is 5.65. The fraction of sp³-hybridized carbons (Fsp3) is 0.389. The zero-order valence-electron chi connectivity index (χ0n) is 13.2. The summed E-state index contributed by atoms with van der Waals surface area (Å²) in [5.41, 5.74) is 1.11. The lowest BCUT2D eigenvalue weighted by Gasteiger charge is -2.10. The van der Waals surface area contributed by atoms with E-state index in [0.29, 0.717) is 12.5 Å². The summed E-state index contributed by atoms with van der Waals surface area (Å²) in [5.74, 6) is 7.39. The first-order valence-corrected chi connectivity index (χ1v) is 8.00. The first kappa shape index (κ1) is 15.3. The van der Waals surface area contributed by atoms with E-state index in [1.807, 2.05) is 18.2 Å². The average Bonchev–Trinajstić information content (AvgIpc) is 3.33. The number of aryl methyl sites for hydroxylation is 1. The van der Waals surface area contributed by atoms with Gasteiger partial charge in [-0.2, -0.15) is 0 Å². The molecule has 1 amide bonds. The highest BCUT2D eigenvalue weighted by Gasteiger charge is 2.30. The summed E-state index contributed by atoms with van der Waals surface area (Å²) in [5, 5.41) is 11.6. The molecule has 0 spiro atoms. The van der Waals surface area contributed by atoms with Crippen molar-refractivity contribution in [3.63, 3.8) is 0 Å². The van der Waals surface area contributed by atoms with Crippen molar-refractivity contribution in [1.29, 1.82) is 0 Å². The van der Waals surface area contributed by atoms with Crippen LogP contribution in [0.1, 0.15) is 43.8 Å². The number of hydrogen-bond acceptors (Lipinski definition) is 3. The third kappa shape index (κ3) is 3.78. The number of nitrogens with one attached hydrogen (secondary N) is 1. The van der Waals surface area contributed by atoms with Gasteiger partial charge in [0.2, 0.25) is 0 Å². The van der Waals surface area contributed by atoms with Crippen LogP contribution in [0.4, 0.5) is 0 Å². The van der Waals surface area contributed by atoms with Gasteiger partial charge in [0.25, 0.3) is 5.91 Å². The minimum absolute atomic E-state index is 0.226. The van der Waals surface area contributed by atoms with Gasteiger partial charge in [0.05, 0.1) is 0 Å². The third-order valence-corrected chi connectivity index (χ3v) is 3.81. The molecule has 1 fully saturated rings. The van der Waals surface area contributed by atoms with Crippen molar-refractivity contribution in [1.82, 2.24) is 20.1 Å². The van der Waals surface area contributed by atoms with E-state index in [-0.39, 0.29) is 5.91 Å². The first-order chi connectivity index (χ1) is 11.3. The summed E-state index contributed by atoms with van der Waals surface area (Å²) in [6.45, 7) is 2.25. The summed E-state index contributed by atoms with van der Waals surface area (Å²) < 4.78 is 2.17. The number of rotatable bonds is 6. The predicted molar refractivity (Wildman–Crippen MR) is 88.1 cm³/mol. The molecule has 1 aliphatic rings. The zero-order valence-corrected chi connectivity index (χ0v) is 13.2. The highest BCUT2D eigenvalue weighted by molar-refractivity contribution is 5.93. The summed E-state index contributed by atoms with van der Waals surface area (Å²) in [6.07, 6.45) is 3.97. The number of para-hydroxylation sites is 1. The van der Waals surface area contributed by atoms with Gasteiger partial charge in [-0.3, -0.25) is 9.36 Å². The number of amides is 1. The molecular weight excluding hydrogens is 288 g/mol. The Bertz CT molecular complexity index is 735. The molecule has 0 atom stereocenters. The Balaban J connectivity index is 1.69. The number of carbonyl (C=O) groups excluding carboxylic acids is 1. The molecule has 0 radical (unpaired) electrons. The average molecular weight is 308 g/mol. The van der Waals surface area contributed by atoms with E-state index in [4.69, 9.17) is 0 Å². The van der Waals surface area contributed by atoms with Gasteiger partial charge in [-0.25, -0.2) is 0 Å². The van der Waals surface area contributed by atoms with Crippen LogP contribution in [0, 0.1) is 11.8 Å². The van der Waals surface area contributed by atoms with Gasteiger partial charge >= 0.3 is 0 Å². The molecule has 0 bridgehead atoms. The summed E-state index contributed by atoms with van der Waals surface area (Å²) in [4.78, 5) is 11.3. The molecule has 1 aromatic heterocycles. The Morgan fingerprint density at radius 2 is 2.09 bits per heavy atom. The van der Waals surface area contributed by atoms with Crippen LogP contribution in [0.25, 0.3) is 5.69 Å². The van der Waals surface area contributed by atoms with Crippen molar-refractivity contribution in [2.75, 3.05) is 6.54 Å². The Hall–Kier alpha value is -2.61. The number of carbonyl (C=O) groups is 1. The van der Waals surface area contributed by atoms with E-state index in [0.717, 1.165) is 30.2 Å².